The second kappa shape index (κ2) is 5.65. The third-order valence-corrected chi connectivity index (χ3v) is 2.67. The van der Waals surface area contributed by atoms with E-state index in [1.165, 1.54) is 14.2 Å². The standard InChI is InChI=1S/C11H11BrO4/c1-15-7-3-4-8(9(12)5-7)10(13)6-11(14)16-2/h3-5H,6H2,1-2H3. The lowest BCUT2D eigenvalue weighted by Gasteiger charge is -2.05. The van der Waals surface area contributed by atoms with E-state index in [2.05, 4.69) is 20.7 Å². The van der Waals surface area contributed by atoms with E-state index in [9.17, 15) is 9.59 Å². The van der Waals surface area contributed by atoms with E-state index in [1.807, 2.05) is 0 Å². The lowest BCUT2D eigenvalue weighted by molar-refractivity contribution is -0.139. The number of Topliss-reactive ketones (excluding diaryl/α,β-unsaturated/α-hetero) is 1. The fraction of sp³-hybridized carbons (Fsp3) is 0.273. The molecule has 0 N–H and O–H groups in total. The number of esters is 1. The number of methoxy groups -OCH3 is 2. The molecule has 0 aliphatic carbocycles. The Balaban J connectivity index is 2.88. The summed E-state index contributed by atoms with van der Waals surface area (Å²) in [7, 11) is 2.79. The Bertz CT molecular complexity index is 414. The quantitative estimate of drug-likeness (QED) is 0.484. The number of hydrogen-bond donors (Lipinski definition) is 0. The molecule has 0 saturated carbocycles. The molecule has 86 valence electrons. The number of ketones is 1. The molecule has 1 rings (SSSR count). The minimum atomic E-state index is -0.548. The topological polar surface area (TPSA) is 52.6 Å². The Labute approximate surface area is 102 Å². The molecule has 0 heterocycles. The van der Waals surface area contributed by atoms with Gasteiger partial charge in [0.25, 0.3) is 0 Å². The summed E-state index contributed by atoms with van der Waals surface area (Å²) in [6.07, 6.45) is -0.262. The first-order chi connectivity index (χ1) is 7.58. The Kier molecular flexibility index (Phi) is 4.49. The number of carbonyl (C=O) groups is 2. The minimum Gasteiger partial charge on any atom is -0.497 e. The maximum Gasteiger partial charge on any atom is 0.313 e. The molecule has 1 aromatic carbocycles. The van der Waals surface area contributed by atoms with E-state index in [1.54, 1.807) is 18.2 Å². The third kappa shape index (κ3) is 3.06. The van der Waals surface area contributed by atoms with Crippen molar-refractivity contribution in [2.24, 2.45) is 0 Å². The molecule has 5 heteroatoms. The molecule has 0 amide bonds. The van der Waals surface area contributed by atoms with Crippen LogP contribution in [0.5, 0.6) is 5.75 Å². The Morgan fingerprint density at radius 3 is 2.50 bits per heavy atom. The van der Waals surface area contributed by atoms with Crippen molar-refractivity contribution in [3.8, 4) is 5.75 Å². The summed E-state index contributed by atoms with van der Waals surface area (Å²) in [4.78, 5) is 22.6. The molecule has 4 nitrogen and oxygen atoms in total. The summed E-state index contributed by atoms with van der Waals surface area (Å²) in [5.74, 6) is -0.199. The van der Waals surface area contributed by atoms with Crippen LogP contribution in [0.1, 0.15) is 16.8 Å². The highest BCUT2D eigenvalue weighted by Crippen LogP contribution is 2.24. The van der Waals surface area contributed by atoms with E-state index in [0.29, 0.717) is 15.8 Å². The Morgan fingerprint density at radius 2 is 2.00 bits per heavy atom. The van der Waals surface area contributed by atoms with Crippen LogP contribution in [0.25, 0.3) is 0 Å². The van der Waals surface area contributed by atoms with Gasteiger partial charge in [-0.25, -0.2) is 0 Å². The van der Waals surface area contributed by atoms with Crippen LogP contribution in [0.3, 0.4) is 0 Å². The number of ether oxygens (including phenoxy) is 2. The van der Waals surface area contributed by atoms with Crippen LogP contribution in [0.4, 0.5) is 0 Å². The van der Waals surface area contributed by atoms with Crippen molar-refractivity contribution in [2.45, 2.75) is 6.42 Å². The molecular weight excluding hydrogens is 276 g/mol. The van der Waals surface area contributed by atoms with Crippen LogP contribution in [0, 0.1) is 0 Å². The number of halogens is 1. The number of rotatable bonds is 4. The van der Waals surface area contributed by atoms with Crippen molar-refractivity contribution in [1.82, 2.24) is 0 Å². The van der Waals surface area contributed by atoms with Crippen molar-refractivity contribution in [1.29, 1.82) is 0 Å². The lowest BCUT2D eigenvalue weighted by Crippen LogP contribution is -2.10. The van der Waals surface area contributed by atoms with Crippen LogP contribution in [0.15, 0.2) is 22.7 Å². The fourth-order valence-electron chi connectivity index (χ4n) is 1.15. The second-order valence-electron chi connectivity index (χ2n) is 3.02. The summed E-state index contributed by atoms with van der Waals surface area (Å²) >= 11 is 3.25. The van der Waals surface area contributed by atoms with Gasteiger partial charge in [-0.3, -0.25) is 9.59 Å². The average molecular weight is 287 g/mol. The maximum atomic E-state index is 11.7. The first-order valence-corrected chi connectivity index (χ1v) is 5.31. The van der Waals surface area contributed by atoms with Crippen molar-refractivity contribution >= 4 is 27.7 Å². The second-order valence-corrected chi connectivity index (χ2v) is 3.88. The SMILES string of the molecule is COC(=O)CC(=O)c1ccc(OC)cc1Br. The molecule has 16 heavy (non-hydrogen) atoms. The summed E-state index contributed by atoms with van der Waals surface area (Å²) < 4.78 is 10.0. The van der Waals surface area contributed by atoms with Gasteiger partial charge in [0.1, 0.15) is 12.2 Å². The van der Waals surface area contributed by atoms with Gasteiger partial charge in [0, 0.05) is 10.0 Å². The van der Waals surface area contributed by atoms with Gasteiger partial charge in [0.15, 0.2) is 5.78 Å². The van der Waals surface area contributed by atoms with Gasteiger partial charge in [0.05, 0.1) is 14.2 Å². The van der Waals surface area contributed by atoms with Crippen LogP contribution in [-0.2, 0) is 9.53 Å². The van der Waals surface area contributed by atoms with E-state index in [4.69, 9.17) is 4.74 Å². The smallest absolute Gasteiger partial charge is 0.313 e. The zero-order valence-electron chi connectivity index (χ0n) is 8.95. The van der Waals surface area contributed by atoms with Crippen molar-refractivity contribution in [2.75, 3.05) is 14.2 Å². The Hall–Kier alpha value is -1.36. The summed E-state index contributed by atoms with van der Waals surface area (Å²) in [6, 6.07) is 4.94. The van der Waals surface area contributed by atoms with E-state index in [0.717, 1.165) is 0 Å². The first-order valence-electron chi connectivity index (χ1n) is 4.52. The summed E-state index contributed by atoms with van der Waals surface area (Å²) in [6.45, 7) is 0. The molecule has 0 aliphatic rings. The monoisotopic (exact) mass is 286 g/mol. The van der Waals surface area contributed by atoms with Crippen molar-refractivity contribution in [3.63, 3.8) is 0 Å². The Morgan fingerprint density at radius 1 is 1.31 bits per heavy atom. The molecule has 1 aromatic rings. The van der Waals surface area contributed by atoms with E-state index < -0.39 is 5.97 Å². The van der Waals surface area contributed by atoms with Gasteiger partial charge in [-0.15, -0.1) is 0 Å². The molecule has 0 radical (unpaired) electrons. The summed E-state index contributed by atoms with van der Waals surface area (Å²) in [5.41, 5.74) is 0.436. The summed E-state index contributed by atoms with van der Waals surface area (Å²) in [5, 5.41) is 0. The highest BCUT2D eigenvalue weighted by atomic mass is 79.9. The predicted molar refractivity (Wildman–Crippen MR) is 61.7 cm³/mol. The lowest BCUT2D eigenvalue weighted by atomic mass is 10.1. The van der Waals surface area contributed by atoms with Crippen LogP contribution in [-0.4, -0.2) is 26.0 Å². The maximum absolute atomic E-state index is 11.7. The van der Waals surface area contributed by atoms with Gasteiger partial charge in [-0.2, -0.15) is 0 Å². The first kappa shape index (κ1) is 12.7. The van der Waals surface area contributed by atoms with Crippen LogP contribution < -0.4 is 4.74 Å². The van der Waals surface area contributed by atoms with Gasteiger partial charge in [0.2, 0.25) is 0 Å². The molecule has 0 saturated heterocycles. The highest BCUT2D eigenvalue weighted by Gasteiger charge is 2.15. The molecule has 0 atom stereocenters. The minimum absolute atomic E-state index is 0.262. The number of benzene rings is 1. The molecule has 0 fully saturated rings. The largest absolute Gasteiger partial charge is 0.497 e. The highest BCUT2D eigenvalue weighted by molar-refractivity contribution is 9.10. The zero-order valence-corrected chi connectivity index (χ0v) is 10.5. The zero-order chi connectivity index (χ0) is 12.1. The van der Waals surface area contributed by atoms with E-state index in [-0.39, 0.29) is 12.2 Å². The van der Waals surface area contributed by atoms with Gasteiger partial charge >= 0.3 is 5.97 Å². The average Bonchev–Trinajstić information content (AvgIpc) is 2.28. The predicted octanol–water partition coefficient (Wildman–Crippen LogP) is 2.20. The molecule has 0 aromatic heterocycles. The van der Waals surface area contributed by atoms with Gasteiger partial charge < -0.3 is 9.47 Å². The molecule has 0 spiro atoms. The van der Waals surface area contributed by atoms with Crippen molar-refractivity contribution in [3.05, 3.63) is 28.2 Å². The van der Waals surface area contributed by atoms with Crippen LogP contribution >= 0.6 is 15.9 Å². The van der Waals surface area contributed by atoms with Crippen molar-refractivity contribution < 1.29 is 19.1 Å². The fourth-order valence-corrected chi connectivity index (χ4v) is 1.73. The van der Waals surface area contributed by atoms with Crippen LogP contribution in [0.2, 0.25) is 0 Å². The normalized spacial score (nSPS) is 9.69. The van der Waals surface area contributed by atoms with E-state index >= 15 is 0 Å². The molecule has 0 bridgehead atoms. The van der Waals surface area contributed by atoms with Gasteiger partial charge in [-0.1, -0.05) is 0 Å². The molecular formula is C11H11BrO4. The number of carbonyl (C=O) groups excluding carboxylic acids is 2. The molecule has 0 unspecified atom stereocenters. The molecule has 0 aliphatic heterocycles. The third-order valence-electron chi connectivity index (χ3n) is 2.01. The number of hydrogen-bond acceptors (Lipinski definition) is 4. The van der Waals surface area contributed by atoms with Gasteiger partial charge in [-0.05, 0) is 34.1 Å².